The van der Waals surface area contributed by atoms with Gasteiger partial charge in [-0.2, -0.15) is 0 Å². The largest absolute Gasteiger partial charge is 0.376 e. The summed E-state index contributed by atoms with van der Waals surface area (Å²) in [6.45, 7) is 1.71. The topological polar surface area (TPSA) is 70.2 Å². The average Bonchev–Trinajstić information content (AvgIpc) is 3.40. The minimum Gasteiger partial charge on any atom is -0.376 e. The molecule has 0 aromatic heterocycles. The summed E-state index contributed by atoms with van der Waals surface area (Å²) in [5.41, 5.74) is 1.98. The summed E-state index contributed by atoms with van der Waals surface area (Å²) >= 11 is 0. The summed E-state index contributed by atoms with van der Waals surface area (Å²) < 4.78 is 13.8. The number of hydrogen-bond acceptors (Lipinski definition) is 3. The van der Waals surface area contributed by atoms with Crippen molar-refractivity contribution in [3.05, 3.63) is 59.4 Å². The van der Waals surface area contributed by atoms with Gasteiger partial charge in [0.1, 0.15) is 5.82 Å². The quantitative estimate of drug-likeness (QED) is 0.756. The molecule has 3 rings (SSSR count). The minimum absolute atomic E-state index is 0.0684. The van der Waals surface area contributed by atoms with Crippen molar-refractivity contribution in [3.63, 3.8) is 0 Å². The van der Waals surface area contributed by atoms with Crippen LogP contribution in [0.4, 0.5) is 15.8 Å². The lowest BCUT2D eigenvalue weighted by atomic mass is 10.1. The SMILES string of the molecule is Cc1ccc(NC(=O)CNc2ccccc2C(=O)NC2CC2)c(F)c1. The van der Waals surface area contributed by atoms with Gasteiger partial charge in [-0.15, -0.1) is 0 Å². The zero-order chi connectivity index (χ0) is 17.8. The van der Waals surface area contributed by atoms with Crippen LogP contribution in [0.5, 0.6) is 0 Å². The van der Waals surface area contributed by atoms with E-state index in [1.165, 1.54) is 12.1 Å². The lowest BCUT2D eigenvalue weighted by Gasteiger charge is -2.12. The van der Waals surface area contributed by atoms with Crippen molar-refractivity contribution in [1.29, 1.82) is 0 Å². The van der Waals surface area contributed by atoms with E-state index in [9.17, 15) is 14.0 Å². The van der Waals surface area contributed by atoms with Crippen LogP contribution in [0.3, 0.4) is 0 Å². The predicted molar refractivity (Wildman–Crippen MR) is 95.2 cm³/mol. The van der Waals surface area contributed by atoms with E-state index in [0.717, 1.165) is 18.4 Å². The number of aryl methyl sites for hydroxylation is 1. The van der Waals surface area contributed by atoms with Gasteiger partial charge >= 0.3 is 0 Å². The van der Waals surface area contributed by atoms with Gasteiger partial charge in [-0.3, -0.25) is 9.59 Å². The first kappa shape index (κ1) is 17.0. The van der Waals surface area contributed by atoms with E-state index in [1.54, 1.807) is 37.3 Å². The number of anilines is 2. The molecule has 0 atom stereocenters. The van der Waals surface area contributed by atoms with Crippen molar-refractivity contribution in [1.82, 2.24) is 5.32 Å². The molecule has 25 heavy (non-hydrogen) atoms. The first-order valence-electron chi connectivity index (χ1n) is 8.22. The van der Waals surface area contributed by atoms with Crippen LogP contribution >= 0.6 is 0 Å². The van der Waals surface area contributed by atoms with Crippen LogP contribution < -0.4 is 16.0 Å². The van der Waals surface area contributed by atoms with Crippen molar-refractivity contribution in [2.75, 3.05) is 17.2 Å². The smallest absolute Gasteiger partial charge is 0.253 e. The Morgan fingerprint density at radius 1 is 1.12 bits per heavy atom. The van der Waals surface area contributed by atoms with E-state index >= 15 is 0 Å². The molecule has 2 aromatic carbocycles. The number of benzene rings is 2. The van der Waals surface area contributed by atoms with E-state index in [4.69, 9.17) is 0 Å². The van der Waals surface area contributed by atoms with Gasteiger partial charge in [0.25, 0.3) is 5.91 Å². The lowest BCUT2D eigenvalue weighted by Crippen LogP contribution is -2.27. The summed E-state index contributed by atoms with van der Waals surface area (Å²) in [6, 6.07) is 11.9. The standard InChI is InChI=1S/C19H20FN3O2/c1-12-6-9-17(15(20)10-12)23-18(24)11-21-16-5-3-2-4-14(16)19(25)22-13-7-8-13/h2-6,9-10,13,21H,7-8,11H2,1H3,(H,22,25)(H,23,24). The van der Waals surface area contributed by atoms with Gasteiger partial charge in [0.05, 0.1) is 17.8 Å². The Bertz CT molecular complexity index is 803. The monoisotopic (exact) mass is 341 g/mol. The van der Waals surface area contributed by atoms with Crippen LogP contribution in [0, 0.1) is 12.7 Å². The molecular weight excluding hydrogens is 321 g/mol. The Kier molecular flexibility index (Phi) is 4.97. The van der Waals surface area contributed by atoms with Crippen molar-refractivity contribution in [2.24, 2.45) is 0 Å². The number of para-hydroxylation sites is 1. The third-order valence-corrected chi connectivity index (χ3v) is 3.92. The summed E-state index contributed by atoms with van der Waals surface area (Å²) in [6.07, 6.45) is 2.01. The van der Waals surface area contributed by atoms with Crippen LogP contribution in [0.1, 0.15) is 28.8 Å². The van der Waals surface area contributed by atoms with E-state index < -0.39 is 5.82 Å². The normalized spacial score (nSPS) is 13.2. The molecule has 6 heteroatoms. The Hall–Kier alpha value is -2.89. The molecule has 2 aromatic rings. The molecule has 3 N–H and O–H groups in total. The molecule has 2 amide bonds. The first-order chi connectivity index (χ1) is 12.0. The van der Waals surface area contributed by atoms with Gasteiger partial charge in [-0.05, 0) is 49.6 Å². The molecule has 0 saturated heterocycles. The van der Waals surface area contributed by atoms with Gasteiger partial charge < -0.3 is 16.0 Å². The lowest BCUT2D eigenvalue weighted by molar-refractivity contribution is -0.114. The highest BCUT2D eigenvalue weighted by Crippen LogP contribution is 2.21. The van der Waals surface area contributed by atoms with Gasteiger partial charge in [-0.25, -0.2) is 4.39 Å². The number of rotatable bonds is 6. The van der Waals surface area contributed by atoms with Crippen LogP contribution in [-0.2, 0) is 4.79 Å². The third kappa shape index (κ3) is 4.56. The third-order valence-electron chi connectivity index (χ3n) is 3.92. The average molecular weight is 341 g/mol. The molecule has 0 bridgehead atoms. The molecule has 1 saturated carbocycles. The first-order valence-corrected chi connectivity index (χ1v) is 8.22. The molecule has 0 unspecified atom stereocenters. The number of carbonyl (C=O) groups excluding carboxylic acids is 2. The molecule has 1 aliphatic carbocycles. The molecule has 0 aliphatic heterocycles. The van der Waals surface area contributed by atoms with Gasteiger partial charge in [0.2, 0.25) is 5.91 Å². The summed E-state index contributed by atoms with van der Waals surface area (Å²) in [4.78, 5) is 24.3. The number of hydrogen-bond donors (Lipinski definition) is 3. The number of carbonyl (C=O) groups is 2. The molecule has 0 radical (unpaired) electrons. The van der Waals surface area contributed by atoms with Crippen LogP contribution in [-0.4, -0.2) is 24.4 Å². The molecule has 0 spiro atoms. The second-order valence-corrected chi connectivity index (χ2v) is 6.18. The predicted octanol–water partition coefficient (Wildman–Crippen LogP) is 3.08. The Labute approximate surface area is 145 Å². The van der Waals surface area contributed by atoms with Crippen LogP contribution in [0.25, 0.3) is 0 Å². The van der Waals surface area contributed by atoms with E-state index in [1.807, 2.05) is 0 Å². The summed E-state index contributed by atoms with van der Waals surface area (Å²) in [5.74, 6) is -1.02. The fourth-order valence-corrected chi connectivity index (χ4v) is 2.42. The molecule has 1 aliphatic rings. The highest BCUT2D eigenvalue weighted by atomic mass is 19.1. The maximum Gasteiger partial charge on any atom is 0.253 e. The number of nitrogens with one attached hydrogen (secondary N) is 3. The van der Waals surface area contributed by atoms with Crippen LogP contribution in [0.15, 0.2) is 42.5 Å². The van der Waals surface area contributed by atoms with Crippen molar-refractivity contribution in [3.8, 4) is 0 Å². The van der Waals surface area contributed by atoms with Gasteiger partial charge in [0.15, 0.2) is 0 Å². The highest BCUT2D eigenvalue weighted by Gasteiger charge is 2.24. The Balaban J connectivity index is 1.61. The molecule has 5 nitrogen and oxygen atoms in total. The zero-order valence-corrected chi connectivity index (χ0v) is 13.9. The Morgan fingerprint density at radius 3 is 2.60 bits per heavy atom. The van der Waals surface area contributed by atoms with E-state index in [-0.39, 0.29) is 30.1 Å². The summed E-state index contributed by atoms with van der Waals surface area (Å²) in [7, 11) is 0. The molecule has 0 heterocycles. The maximum atomic E-state index is 13.8. The highest BCUT2D eigenvalue weighted by molar-refractivity contribution is 6.01. The summed E-state index contributed by atoms with van der Waals surface area (Å²) in [5, 5.41) is 8.39. The van der Waals surface area contributed by atoms with Crippen molar-refractivity contribution < 1.29 is 14.0 Å². The zero-order valence-electron chi connectivity index (χ0n) is 13.9. The van der Waals surface area contributed by atoms with Gasteiger partial charge in [-0.1, -0.05) is 18.2 Å². The number of amides is 2. The number of halogens is 1. The Morgan fingerprint density at radius 2 is 1.88 bits per heavy atom. The minimum atomic E-state index is -0.474. The van der Waals surface area contributed by atoms with Gasteiger partial charge in [0, 0.05) is 11.7 Å². The fourth-order valence-electron chi connectivity index (χ4n) is 2.42. The molecule has 1 fully saturated rings. The van der Waals surface area contributed by atoms with Crippen LogP contribution in [0.2, 0.25) is 0 Å². The second kappa shape index (κ2) is 7.34. The molecule has 130 valence electrons. The van der Waals surface area contributed by atoms with E-state index in [0.29, 0.717) is 11.3 Å². The maximum absolute atomic E-state index is 13.8. The van der Waals surface area contributed by atoms with Crippen molar-refractivity contribution in [2.45, 2.75) is 25.8 Å². The van der Waals surface area contributed by atoms with Crippen molar-refractivity contribution >= 4 is 23.2 Å². The second-order valence-electron chi connectivity index (χ2n) is 6.18. The fraction of sp³-hybridized carbons (Fsp3) is 0.263. The molecular formula is C19H20FN3O2. The van der Waals surface area contributed by atoms with E-state index in [2.05, 4.69) is 16.0 Å².